The number of benzene rings is 1. The molecule has 0 aliphatic heterocycles. The highest BCUT2D eigenvalue weighted by molar-refractivity contribution is 7.10. The molecule has 0 saturated carbocycles. The van der Waals surface area contributed by atoms with Crippen molar-refractivity contribution in [2.45, 2.75) is 26.3 Å². The number of rotatable bonds is 5. The number of thiophene rings is 1. The molecule has 100 valence electrons. The summed E-state index contributed by atoms with van der Waals surface area (Å²) in [5.74, 6) is -0.410. The summed E-state index contributed by atoms with van der Waals surface area (Å²) in [6.45, 7) is 4.98. The molecule has 19 heavy (non-hydrogen) atoms. The van der Waals surface area contributed by atoms with Gasteiger partial charge in [0.2, 0.25) is 0 Å². The Morgan fingerprint density at radius 2 is 2.11 bits per heavy atom. The molecule has 2 rings (SSSR count). The molecule has 0 radical (unpaired) electrons. The van der Waals surface area contributed by atoms with Crippen LogP contribution in [-0.4, -0.2) is 11.1 Å². The van der Waals surface area contributed by atoms with Crippen molar-refractivity contribution in [1.82, 2.24) is 0 Å². The summed E-state index contributed by atoms with van der Waals surface area (Å²) in [5.41, 5.74) is 2.75. The van der Waals surface area contributed by atoms with Crippen molar-refractivity contribution >= 4 is 23.0 Å². The van der Waals surface area contributed by atoms with E-state index < -0.39 is 5.97 Å². The molecule has 1 aromatic carbocycles. The molecule has 0 aliphatic rings. The topological polar surface area (TPSA) is 49.3 Å². The highest BCUT2D eigenvalue weighted by atomic mass is 32.1. The minimum atomic E-state index is -0.870. The normalized spacial score (nSPS) is 10.7. The molecule has 0 bridgehead atoms. The lowest BCUT2D eigenvalue weighted by Gasteiger charge is -2.13. The molecule has 0 amide bonds. The largest absolute Gasteiger partial charge is 0.478 e. The first-order valence-corrected chi connectivity index (χ1v) is 7.09. The average molecular weight is 275 g/mol. The van der Waals surface area contributed by atoms with E-state index in [-0.39, 0.29) is 0 Å². The van der Waals surface area contributed by atoms with Gasteiger partial charge in [-0.05, 0) is 23.6 Å². The maximum absolute atomic E-state index is 10.8. The van der Waals surface area contributed by atoms with Crippen molar-refractivity contribution in [3.05, 3.63) is 51.7 Å². The van der Waals surface area contributed by atoms with Crippen LogP contribution in [-0.2, 0) is 6.54 Å². The van der Waals surface area contributed by atoms with Gasteiger partial charge in [0.1, 0.15) is 0 Å². The van der Waals surface area contributed by atoms with Crippen LogP contribution in [0.15, 0.2) is 35.7 Å². The van der Waals surface area contributed by atoms with Gasteiger partial charge in [0, 0.05) is 22.5 Å². The summed E-state index contributed by atoms with van der Waals surface area (Å²) in [5, 5.41) is 13.9. The van der Waals surface area contributed by atoms with Gasteiger partial charge in [-0.25, -0.2) is 4.79 Å². The number of carboxylic acid groups (broad SMARTS) is 1. The lowest BCUT2D eigenvalue weighted by Crippen LogP contribution is -2.02. The van der Waals surface area contributed by atoms with Gasteiger partial charge >= 0.3 is 5.97 Å². The summed E-state index contributed by atoms with van der Waals surface area (Å²) in [6, 6.07) is 9.93. The molecule has 0 aliphatic carbocycles. The van der Waals surface area contributed by atoms with Crippen molar-refractivity contribution in [3.8, 4) is 0 Å². The fraction of sp³-hybridized carbons (Fsp3) is 0.267. The average Bonchev–Trinajstić information content (AvgIpc) is 2.85. The first-order chi connectivity index (χ1) is 9.08. The van der Waals surface area contributed by atoms with Crippen molar-refractivity contribution in [3.63, 3.8) is 0 Å². The van der Waals surface area contributed by atoms with Crippen LogP contribution >= 0.6 is 11.3 Å². The molecule has 0 unspecified atom stereocenters. The number of carboxylic acids is 1. The summed E-state index contributed by atoms with van der Waals surface area (Å²) in [6.07, 6.45) is 0. The molecule has 0 spiro atoms. The molecule has 1 aromatic heterocycles. The zero-order valence-corrected chi connectivity index (χ0v) is 11.8. The Labute approximate surface area is 116 Å². The quantitative estimate of drug-likeness (QED) is 0.860. The zero-order valence-electron chi connectivity index (χ0n) is 11.0. The standard InChI is InChI=1S/C15H17NO2S/c1-10(2)13-5-3-4-6-14(13)16-8-12-7-11(9-19-12)15(17)18/h3-7,9-10,16H,8H2,1-2H3,(H,17,18). The predicted molar refractivity (Wildman–Crippen MR) is 79.1 cm³/mol. The number of aromatic carboxylic acids is 1. The van der Waals surface area contributed by atoms with E-state index in [0.717, 1.165) is 10.6 Å². The van der Waals surface area contributed by atoms with Crippen LogP contribution in [0.5, 0.6) is 0 Å². The molecule has 0 saturated heterocycles. The predicted octanol–water partition coefficient (Wildman–Crippen LogP) is 4.18. The SMILES string of the molecule is CC(C)c1ccccc1NCc1cc(C(=O)O)cs1. The van der Waals surface area contributed by atoms with Crippen LogP contribution in [0.3, 0.4) is 0 Å². The molecular weight excluding hydrogens is 258 g/mol. The van der Waals surface area contributed by atoms with Gasteiger partial charge in [0.25, 0.3) is 0 Å². The number of nitrogens with one attached hydrogen (secondary N) is 1. The van der Waals surface area contributed by atoms with Gasteiger partial charge in [-0.2, -0.15) is 0 Å². The van der Waals surface area contributed by atoms with Gasteiger partial charge in [-0.3, -0.25) is 0 Å². The number of anilines is 1. The van der Waals surface area contributed by atoms with Crippen molar-refractivity contribution < 1.29 is 9.90 Å². The third-order valence-corrected chi connectivity index (χ3v) is 3.87. The fourth-order valence-electron chi connectivity index (χ4n) is 1.93. The maximum Gasteiger partial charge on any atom is 0.336 e. The molecule has 0 atom stereocenters. The number of hydrogen-bond acceptors (Lipinski definition) is 3. The molecule has 2 N–H and O–H groups in total. The Bertz CT molecular complexity index is 575. The van der Waals surface area contributed by atoms with Gasteiger partial charge in [-0.1, -0.05) is 32.0 Å². The monoisotopic (exact) mass is 275 g/mol. The van der Waals surface area contributed by atoms with Crippen LogP contribution in [0.1, 0.15) is 40.6 Å². The third kappa shape index (κ3) is 3.35. The molecule has 1 heterocycles. The Morgan fingerprint density at radius 3 is 2.74 bits per heavy atom. The number of hydrogen-bond donors (Lipinski definition) is 2. The minimum Gasteiger partial charge on any atom is -0.478 e. The number of carbonyl (C=O) groups is 1. The second-order valence-electron chi connectivity index (χ2n) is 4.70. The van der Waals surface area contributed by atoms with Crippen LogP contribution in [0.2, 0.25) is 0 Å². The third-order valence-electron chi connectivity index (χ3n) is 2.94. The van der Waals surface area contributed by atoms with Crippen LogP contribution in [0.4, 0.5) is 5.69 Å². The molecule has 3 nitrogen and oxygen atoms in total. The molecular formula is C15H17NO2S. The Kier molecular flexibility index (Phi) is 4.22. The van der Waals surface area contributed by atoms with Crippen LogP contribution in [0, 0.1) is 0 Å². The summed E-state index contributed by atoms with van der Waals surface area (Å²) in [7, 11) is 0. The van der Waals surface area contributed by atoms with Crippen molar-refractivity contribution in [2.75, 3.05) is 5.32 Å². The van der Waals surface area contributed by atoms with E-state index in [2.05, 4.69) is 31.3 Å². The van der Waals surface area contributed by atoms with E-state index in [4.69, 9.17) is 5.11 Å². The summed E-state index contributed by atoms with van der Waals surface area (Å²) < 4.78 is 0. The lowest BCUT2D eigenvalue weighted by molar-refractivity contribution is 0.0697. The highest BCUT2D eigenvalue weighted by Crippen LogP contribution is 2.25. The Morgan fingerprint density at radius 1 is 1.37 bits per heavy atom. The minimum absolute atomic E-state index is 0.360. The van der Waals surface area contributed by atoms with Crippen molar-refractivity contribution in [1.29, 1.82) is 0 Å². The van der Waals surface area contributed by atoms with Gasteiger partial charge in [0.15, 0.2) is 0 Å². The molecule has 0 fully saturated rings. The first kappa shape index (κ1) is 13.6. The fourth-order valence-corrected chi connectivity index (χ4v) is 2.73. The summed E-state index contributed by atoms with van der Waals surface area (Å²) in [4.78, 5) is 11.8. The van der Waals surface area contributed by atoms with E-state index in [1.54, 1.807) is 11.4 Å². The van der Waals surface area contributed by atoms with Gasteiger partial charge in [-0.15, -0.1) is 11.3 Å². The van der Waals surface area contributed by atoms with E-state index in [9.17, 15) is 4.79 Å². The second kappa shape index (κ2) is 5.89. The number of para-hydroxylation sites is 1. The second-order valence-corrected chi connectivity index (χ2v) is 5.70. The zero-order chi connectivity index (χ0) is 13.8. The molecule has 2 aromatic rings. The Hall–Kier alpha value is -1.81. The maximum atomic E-state index is 10.8. The lowest BCUT2D eigenvalue weighted by atomic mass is 10.0. The van der Waals surface area contributed by atoms with Crippen LogP contribution in [0.25, 0.3) is 0 Å². The van der Waals surface area contributed by atoms with Crippen LogP contribution < -0.4 is 5.32 Å². The first-order valence-electron chi connectivity index (χ1n) is 6.21. The van der Waals surface area contributed by atoms with E-state index >= 15 is 0 Å². The Balaban J connectivity index is 2.08. The summed E-state index contributed by atoms with van der Waals surface area (Å²) >= 11 is 1.47. The van der Waals surface area contributed by atoms with E-state index in [0.29, 0.717) is 18.0 Å². The smallest absolute Gasteiger partial charge is 0.336 e. The molecule has 4 heteroatoms. The van der Waals surface area contributed by atoms with E-state index in [1.807, 2.05) is 12.1 Å². The van der Waals surface area contributed by atoms with Gasteiger partial charge in [0.05, 0.1) is 5.56 Å². The van der Waals surface area contributed by atoms with Gasteiger partial charge < -0.3 is 10.4 Å². The van der Waals surface area contributed by atoms with E-state index in [1.165, 1.54) is 16.9 Å². The highest BCUT2D eigenvalue weighted by Gasteiger charge is 2.08. The van der Waals surface area contributed by atoms with Crippen molar-refractivity contribution in [2.24, 2.45) is 0 Å².